The molecule has 3 saturated carbocycles. The number of phenols is 1. The Hall–Kier alpha value is -3.11. The molecule has 0 saturated heterocycles. The molecule has 0 radical (unpaired) electrons. The molecule has 4 aliphatic rings. The number of hydrogen-bond donors (Lipinski definition) is 3. The van der Waals surface area contributed by atoms with E-state index in [2.05, 4.69) is 0 Å². The van der Waals surface area contributed by atoms with Gasteiger partial charge in [0.05, 0.1) is 17.5 Å². The Morgan fingerprint density at radius 2 is 1.73 bits per heavy atom. The molecule has 2 unspecified atom stereocenters. The van der Waals surface area contributed by atoms with Gasteiger partial charge in [-0.2, -0.15) is 0 Å². The number of aromatic hydroxyl groups is 1. The first-order valence-corrected chi connectivity index (χ1v) is 14.2. The van der Waals surface area contributed by atoms with Gasteiger partial charge in [-0.3, -0.25) is 28.9 Å². The minimum Gasteiger partial charge on any atom is -0.507 e. The Bertz CT molecular complexity index is 1300. The van der Waals surface area contributed by atoms with Gasteiger partial charge in [0.15, 0.2) is 34.7 Å². The van der Waals surface area contributed by atoms with Gasteiger partial charge < -0.3 is 20.8 Å². The number of likely N-dealkylation sites (N-methyl/N-ethyl adjacent to an activating group) is 1. The van der Waals surface area contributed by atoms with Crippen molar-refractivity contribution in [3.05, 3.63) is 22.8 Å². The number of amides is 1. The first-order chi connectivity index (χ1) is 18.8. The van der Waals surface area contributed by atoms with Crippen molar-refractivity contribution in [2.45, 2.75) is 63.0 Å². The van der Waals surface area contributed by atoms with Crippen molar-refractivity contribution in [1.82, 2.24) is 4.90 Å². The lowest BCUT2D eigenvalue weighted by Crippen LogP contribution is -2.74. The summed E-state index contributed by atoms with van der Waals surface area (Å²) < 4.78 is 0. The second-order valence-electron chi connectivity index (χ2n) is 12.6. The van der Waals surface area contributed by atoms with Crippen LogP contribution in [0.3, 0.4) is 0 Å². The Labute approximate surface area is 233 Å². The molecule has 0 bridgehead atoms. The van der Waals surface area contributed by atoms with Crippen LogP contribution in [0.15, 0.2) is 6.07 Å². The number of anilines is 1. The van der Waals surface area contributed by atoms with E-state index in [1.54, 1.807) is 14.1 Å². The van der Waals surface area contributed by atoms with E-state index in [1.165, 1.54) is 17.7 Å². The standard InChI is InChI=1S/C30H39N3O7/c1-32(2)19-13-15(10-9-14-7-5-6-8-14)24(34)21-17(19)11-16-12-18-23(33(3)4)26(36)22(29(31)39)28(38)30(18,40)27(37)20(16)25(21)35/h13-14,16,18,20,22-23,34,40H,5-12H2,1-4H3,(H2,31,39)/t16-,18-,20?,22?,23-,30-/m1/s1. The molecule has 1 aromatic rings. The van der Waals surface area contributed by atoms with Gasteiger partial charge in [-0.15, -0.1) is 0 Å². The van der Waals surface area contributed by atoms with Crippen molar-refractivity contribution in [1.29, 1.82) is 0 Å². The maximum Gasteiger partial charge on any atom is 0.235 e. The van der Waals surface area contributed by atoms with E-state index in [1.807, 2.05) is 25.1 Å². The van der Waals surface area contributed by atoms with E-state index >= 15 is 0 Å². The van der Waals surface area contributed by atoms with E-state index in [0.717, 1.165) is 24.9 Å². The van der Waals surface area contributed by atoms with Crippen LogP contribution >= 0.6 is 0 Å². The third kappa shape index (κ3) is 4.10. The van der Waals surface area contributed by atoms with Crippen LogP contribution in [0.5, 0.6) is 5.75 Å². The van der Waals surface area contributed by atoms with Gasteiger partial charge in [0.2, 0.25) is 5.91 Å². The van der Waals surface area contributed by atoms with Crippen LogP contribution in [0.25, 0.3) is 0 Å². The zero-order valence-electron chi connectivity index (χ0n) is 23.6. The molecule has 3 fully saturated rings. The topological polar surface area (TPSA) is 158 Å². The first-order valence-electron chi connectivity index (χ1n) is 14.2. The number of nitrogens with zero attached hydrogens (tertiary/aromatic N) is 2. The molecule has 216 valence electrons. The highest BCUT2D eigenvalue weighted by molar-refractivity contribution is 6.32. The van der Waals surface area contributed by atoms with Crippen LogP contribution in [-0.4, -0.2) is 84.0 Å². The van der Waals surface area contributed by atoms with Crippen LogP contribution in [0, 0.1) is 29.6 Å². The van der Waals surface area contributed by atoms with E-state index < -0.39 is 64.4 Å². The summed E-state index contributed by atoms with van der Waals surface area (Å²) >= 11 is 0. The SMILES string of the molecule is CN(C)c1cc(CCC2CCCC2)c(O)c2c1C[C@@H]1C[C@@H]3[C@@H](N(C)C)C(=O)C(C(N)=O)C(=O)[C@]3(O)C(=O)C1C2=O. The van der Waals surface area contributed by atoms with Gasteiger partial charge in [-0.05, 0) is 68.8 Å². The fraction of sp³-hybridized carbons (Fsp3) is 0.633. The molecule has 4 N–H and O–H groups in total. The largest absolute Gasteiger partial charge is 0.507 e. The first kappa shape index (κ1) is 28.4. The van der Waals surface area contributed by atoms with Crippen LogP contribution < -0.4 is 10.6 Å². The minimum atomic E-state index is -2.71. The highest BCUT2D eigenvalue weighted by Gasteiger charge is 2.69. The zero-order chi connectivity index (χ0) is 29.3. The Morgan fingerprint density at radius 3 is 2.30 bits per heavy atom. The van der Waals surface area contributed by atoms with Gasteiger partial charge >= 0.3 is 0 Å². The predicted molar refractivity (Wildman–Crippen MR) is 146 cm³/mol. The molecule has 4 aliphatic carbocycles. The number of ketones is 4. The summed E-state index contributed by atoms with van der Waals surface area (Å²) in [6.45, 7) is 0. The molecule has 6 atom stereocenters. The molecule has 0 spiro atoms. The quantitative estimate of drug-likeness (QED) is 0.438. The van der Waals surface area contributed by atoms with Crippen LogP contribution in [0.1, 0.15) is 60.0 Å². The van der Waals surface area contributed by atoms with Crippen LogP contribution in [0.4, 0.5) is 5.69 Å². The average molecular weight is 554 g/mol. The summed E-state index contributed by atoms with van der Waals surface area (Å²) in [5.74, 6) is -9.52. The summed E-state index contributed by atoms with van der Waals surface area (Å²) in [6.07, 6.45) is 6.50. The molecular weight excluding hydrogens is 514 g/mol. The van der Waals surface area contributed by atoms with Crippen LogP contribution in [0.2, 0.25) is 0 Å². The molecule has 0 heterocycles. The highest BCUT2D eigenvalue weighted by Crippen LogP contribution is 2.52. The summed E-state index contributed by atoms with van der Waals surface area (Å²) in [4.78, 5) is 70.3. The fourth-order valence-corrected chi connectivity index (χ4v) is 7.95. The number of nitrogens with two attached hydrogens (primary N) is 1. The van der Waals surface area contributed by atoms with Crippen LogP contribution in [-0.2, 0) is 32.0 Å². The molecule has 1 aromatic carbocycles. The number of phenolic OH excluding ortho intramolecular Hbond substituents is 1. The molecule has 0 aromatic heterocycles. The Kier molecular flexibility index (Phi) is 7.15. The number of fused-ring (bicyclic) bond motifs is 3. The number of carbonyl (C=O) groups is 5. The summed E-state index contributed by atoms with van der Waals surface area (Å²) in [6, 6.07) is 0.812. The lowest BCUT2D eigenvalue weighted by atomic mass is 9.52. The minimum absolute atomic E-state index is 0.0426. The van der Waals surface area contributed by atoms with Gasteiger partial charge in [0, 0.05) is 25.7 Å². The monoisotopic (exact) mass is 553 g/mol. The molecule has 1 amide bonds. The van der Waals surface area contributed by atoms with Crippen molar-refractivity contribution >= 4 is 34.7 Å². The average Bonchev–Trinajstić information content (AvgIpc) is 3.39. The van der Waals surface area contributed by atoms with Crippen molar-refractivity contribution in [2.75, 3.05) is 33.1 Å². The highest BCUT2D eigenvalue weighted by atomic mass is 16.3. The molecule has 5 rings (SSSR count). The molecule has 10 nitrogen and oxygen atoms in total. The van der Waals surface area contributed by atoms with Crippen molar-refractivity contribution in [3.63, 3.8) is 0 Å². The fourth-order valence-electron chi connectivity index (χ4n) is 7.95. The van der Waals surface area contributed by atoms with Gasteiger partial charge in [0.1, 0.15) is 5.75 Å². The zero-order valence-corrected chi connectivity index (χ0v) is 23.6. The lowest BCUT2D eigenvalue weighted by Gasteiger charge is -2.52. The van der Waals surface area contributed by atoms with Gasteiger partial charge in [-0.1, -0.05) is 25.7 Å². The van der Waals surface area contributed by atoms with Gasteiger partial charge in [0.25, 0.3) is 0 Å². The number of carbonyl (C=O) groups excluding carboxylic acids is 5. The van der Waals surface area contributed by atoms with E-state index in [-0.39, 0.29) is 24.2 Å². The van der Waals surface area contributed by atoms with E-state index in [4.69, 9.17) is 5.73 Å². The normalized spacial score (nSPS) is 32.2. The number of aryl methyl sites for hydroxylation is 1. The number of benzene rings is 1. The van der Waals surface area contributed by atoms with E-state index in [9.17, 15) is 34.2 Å². The number of primary amides is 1. The van der Waals surface area contributed by atoms with Crippen molar-refractivity contribution in [2.24, 2.45) is 35.3 Å². The number of hydrogen-bond acceptors (Lipinski definition) is 9. The maximum atomic E-state index is 14.1. The second kappa shape index (κ2) is 10.1. The third-order valence-electron chi connectivity index (χ3n) is 9.90. The number of aliphatic hydroxyl groups is 1. The maximum absolute atomic E-state index is 14.1. The number of rotatable bonds is 6. The van der Waals surface area contributed by atoms with Crippen molar-refractivity contribution < 1.29 is 34.2 Å². The van der Waals surface area contributed by atoms with E-state index in [0.29, 0.717) is 23.5 Å². The lowest BCUT2D eigenvalue weighted by molar-refractivity contribution is -0.181. The number of Topliss-reactive ketones (excluding diaryl/α,β-unsaturated/α-hetero) is 4. The third-order valence-corrected chi connectivity index (χ3v) is 9.90. The molecular formula is C30H39N3O7. The smallest absolute Gasteiger partial charge is 0.235 e. The molecule has 0 aliphatic heterocycles. The molecule has 10 heteroatoms. The Morgan fingerprint density at radius 1 is 1.07 bits per heavy atom. The summed E-state index contributed by atoms with van der Waals surface area (Å²) in [7, 11) is 6.87. The summed E-state index contributed by atoms with van der Waals surface area (Å²) in [5, 5.41) is 23.1. The van der Waals surface area contributed by atoms with Gasteiger partial charge in [-0.25, -0.2) is 0 Å². The molecule has 40 heavy (non-hydrogen) atoms. The summed E-state index contributed by atoms with van der Waals surface area (Å²) in [5.41, 5.74) is 4.79. The second-order valence-corrected chi connectivity index (χ2v) is 12.6. The Balaban J connectivity index is 1.59. The predicted octanol–water partition coefficient (Wildman–Crippen LogP) is 1.06. The van der Waals surface area contributed by atoms with Crippen molar-refractivity contribution in [3.8, 4) is 5.75 Å².